The summed E-state index contributed by atoms with van der Waals surface area (Å²) in [5, 5.41) is 0. The number of pyridine rings is 1. The third kappa shape index (κ3) is 6.50. The second-order valence-electron chi connectivity index (χ2n) is 9.14. The smallest absolute Gasteiger partial charge is 0.339 e. The topological polar surface area (TPSA) is 83.0 Å². The monoisotopic (exact) mass is 490 g/mol. The number of esters is 1. The molecule has 0 saturated carbocycles. The third-order valence-electron chi connectivity index (χ3n) is 6.76. The number of ether oxygens (including phenoxy) is 1. The molecule has 0 aliphatic carbocycles. The first kappa shape index (κ1) is 25.4. The molecule has 2 saturated heterocycles. The molecule has 2 amide bonds. The van der Waals surface area contributed by atoms with Gasteiger partial charge in [0.1, 0.15) is 5.82 Å². The fraction of sp³-hybridized carbons (Fsp3) is 0.429. The minimum Gasteiger partial charge on any atom is -0.462 e. The van der Waals surface area contributed by atoms with Crippen molar-refractivity contribution in [1.82, 2.24) is 14.8 Å². The van der Waals surface area contributed by atoms with Gasteiger partial charge in [-0.05, 0) is 50.0 Å². The van der Waals surface area contributed by atoms with Gasteiger partial charge in [-0.3, -0.25) is 9.59 Å². The van der Waals surface area contributed by atoms with Crippen molar-refractivity contribution in [3.8, 4) is 0 Å². The van der Waals surface area contributed by atoms with Crippen LogP contribution in [0.25, 0.3) is 6.08 Å². The van der Waals surface area contributed by atoms with Crippen LogP contribution in [0.1, 0.15) is 42.1 Å². The van der Waals surface area contributed by atoms with E-state index in [1.165, 1.54) is 0 Å². The van der Waals surface area contributed by atoms with Crippen molar-refractivity contribution in [2.75, 3.05) is 50.8 Å². The molecular weight excluding hydrogens is 456 g/mol. The second-order valence-corrected chi connectivity index (χ2v) is 9.14. The fourth-order valence-electron chi connectivity index (χ4n) is 4.72. The highest BCUT2D eigenvalue weighted by Gasteiger charge is 2.30. The Balaban J connectivity index is 1.25. The number of hydrogen-bond donors (Lipinski definition) is 0. The normalized spacial score (nSPS) is 17.2. The van der Waals surface area contributed by atoms with Crippen molar-refractivity contribution < 1.29 is 19.1 Å². The average molecular weight is 491 g/mol. The van der Waals surface area contributed by atoms with Gasteiger partial charge in [0.15, 0.2) is 0 Å². The molecule has 1 aromatic carbocycles. The summed E-state index contributed by atoms with van der Waals surface area (Å²) in [7, 11) is 0. The molecule has 0 unspecified atom stereocenters. The highest BCUT2D eigenvalue weighted by molar-refractivity contribution is 5.92. The summed E-state index contributed by atoms with van der Waals surface area (Å²) in [5.41, 5.74) is 1.43. The largest absolute Gasteiger partial charge is 0.462 e. The molecule has 4 rings (SSSR count). The number of nitrogens with zero attached hydrogens (tertiary/aromatic N) is 4. The van der Waals surface area contributed by atoms with E-state index in [0.29, 0.717) is 51.2 Å². The van der Waals surface area contributed by atoms with E-state index < -0.39 is 0 Å². The van der Waals surface area contributed by atoms with Crippen molar-refractivity contribution in [2.24, 2.45) is 5.92 Å². The van der Waals surface area contributed by atoms with E-state index in [2.05, 4.69) is 9.88 Å². The number of aromatic nitrogens is 1. The molecule has 3 heterocycles. The van der Waals surface area contributed by atoms with Gasteiger partial charge in [-0.15, -0.1) is 0 Å². The fourth-order valence-corrected chi connectivity index (χ4v) is 4.72. The van der Waals surface area contributed by atoms with Crippen LogP contribution >= 0.6 is 0 Å². The van der Waals surface area contributed by atoms with Crippen LogP contribution in [0.2, 0.25) is 0 Å². The van der Waals surface area contributed by atoms with Gasteiger partial charge in [-0.1, -0.05) is 30.3 Å². The molecule has 190 valence electrons. The summed E-state index contributed by atoms with van der Waals surface area (Å²) < 4.78 is 5.02. The van der Waals surface area contributed by atoms with Crippen molar-refractivity contribution in [3.63, 3.8) is 0 Å². The second kappa shape index (κ2) is 12.3. The maximum absolute atomic E-state index is 13.2. The molecule has 0 atom stereocenters. The number of rotatable bonds is 6. The van der Waals surface area contributed by atoms with Gasteiger partial charge in [0.05, 0.1) is 12.2 Å². The molecule has 0 spiro atoms. The van der Waals surface area contributed by atoms with E-state index in [-0.39, 0.29) is 23.7 Å². The summed E-state index contributed by atoms with van der Waals surface area (Å²) >= 11 is 0. The van der Waals surface area contributed by atoms with Gasteiger partial charge in [0.2, 0.25) is 11.8 Å². The Labute approximate surface area is 212 Å². The first-order chi connectivity index (χ1) is 17.5. The third-order valence-corrected chi connectivity index (χ3v) is 6.76. The van der Waals surface area contributed by atoms with Crippen molar-refractivity contribution in [2.45, 2.75) is 26.2 Å². The van der Waals surface area contributed by atoms with Crippen LogP contribution in [0.5, 0.6) is 0 Å². The van der Waals surface area contributed by atoms with Gasteiger partial charge >= 0.3 is 5.97 Å². The lowest BCUT2D eigenvalue weighted by Crippen LogP contribution is -2.45. The summed E-state index contributed by atoms with van der Waals surface area (Å²) in [5.74, 6) is 0.573. The Hall–Kier alpha value is -3.68. The molecule has 8 nitrogen and oxygen atoms in total. The van der Waals surface area contributed by atoms with Crippen molar-refractivity contribution in [1.29, 1.82) is 0 Å². The SMILES string of the molecule is CCOC(=O)c1ccc(N2CCCN(C(=O)C3CCN(C(=O)/C=C/c4ccccc4)CC3)CC2)nc1. The molecule has 0 N–H and O–H groups in total. The van der Waals surface area contributed by atoms with Gasteiger partial charge in [-0.25, -0.2) is 9.78 Å². The predicted molar refractivity (Wildman–Crippen MR) is 138 cm³/mol. The summed E-state index contributed by atoms with van der Waals surface area (Å²) in [6.07, 6.45) is 7.25. The standard InChI is InChI=1S/C28H34N4O4/c1-2-36-28(35)24-10-11-25(29-21-24)30-15-6-16-32(20-19-30)27(34)23-13-17-31(18-14-23)26(33)12-9-22-7-4-3-5-8-22/h3-5,7-12,21,23H,2,6,13-20H2,1H3/b12-9+. The molecule has 1 aromatic heterocycles. The van der Waals surface area contributed by atoms with Crippen LogP contribution in [0, 0.1) is 5.92 Å². The minimum atomic E-state index is -0.371. The molecule has 8 heteroatoms. The first-order valence-corrected chi connectivity index (χ1v) is 12.7. The number of amides is 2. The maximum atomic E-state index is 13.2. The molecule has 2 aromatic rings. The predicted octanol–water partition coefficient (Wildman–Crippen LogP) is 3.25. The Kier molecular flexibility index (Phi) is 8.71. The number of carbonyl (C=O) groups is 3. The molecular formula is C28H34N4O4. The van der Waals surface area contributed by atoms with Crippen LogP contribution < -0.4 is 4.90 Å². The summed E-state index contributed by atoms with van der Waals surface area (Å²) in [6, 6.07) is 13.3. The minimum absolute atomic E-state index is 0.00311. The van der Waals surface area contributed by atoms with Gasteiger partial charge in [-0.2, -0.15) is 0 Å². The van der Waals surface area contributed by atoms with Gasteiger partial charge in [0.25, 0.3) is 0 Å². The van der Waals surface area contributed by atoms with E-state index in [4.69, 9.17) is 4.74 Å². The van der Waals surface area contributed by atoms with Crippen LogP contribution in [0.4, 0.5) is 5.82 Å². The number of carbonyl (C=O) groups excluding carboxylic acids is 3. The molecule has 0 radical (unpaired) electrons. The van der Waals surface area contributed by atoms with Crippen LogP contribution in [0.3, 0.4) is 0 Å². The molecule has 2 fully saturated rings. The zero-order valence-corrected chi connectivity index (χ0v) is 20.8. The molecule has 0 bridgehead atoms. The molecule has 2 aliphatic heterocycles. The highest BCUT2D eigenvalue weighted by Crippen LogP contribution is 2.22. The zero-order chi connectivity index (χ0) is 25.3. The summed E-state index contributed by atoms with van der Waals surface area (Å²) in [4.78, 5) is 48.1. The lowest BCUT2D eigenvalue weighted by atomic mass is 9.95. The number of anilines is 1. The number of likely N-dealkylation sites (tertiary alicyclic amines) is 1. The summed E-state index contributed by atoms with van der Waals surface area (Å²) in [6.45, 7) is 6.16. The Bertz CT molecular complexity index is 1060. The Morgan fingerprint density at radius 1 is 0.944 bits per heavy atom. The highest BCUT2D eigenvalue weighted by atomic mass is 16.5. The van der Waals surface area contributed by atoms with E-state index in [0.717, 1.165) is 30.9 Å². The average Bonchev–Trinajstić information content (AvgIpc) is 3.19. The number of benzene rings is 1. The Morgan fingerprint density at radius 3 is 2.42 bits per heavy atom. The molecule has 2 aliphatic rings. The zero-order valence-electron chi connectivity index (χ0n) is 20.8. The van der Waals surface area contributed by atoms with Crippen LogP contribution in [0.15, 0.2) is 54.7 Å². The van der Waals surface area contributed by atoms with Gasteiger partial charge in [0, 0.05) is 57.5 Å². The van der Waals surface area contributed by atoms with Crippen molar-refractivity contribution >= 4 is 29.7 Å². The first-order valence-electron chi connectivity index (χ1n) is 12.7. The molecule has 36 heavy (non-hydrogen) atoms. The van der Waals surface area contributed by atoms with E-state index in [1.807, 2.05) is 52.3 Å². The quantitative estimate of drug-likeness (QED) is 0.457. The number of piperidine rings is 1. The van der Waals surface area contributed by atoms with E-state index in [1.54, 1.807) is 25.3 Å². The van der Waals surface area contributed by atoms with E-state index in [9.17, 15) is 14.4 Å². The lowest BCUT2D eigenvalue weighted by Gasteiger charge is -2.33. The van der Waals surface area contributed by atoms with Crippen LogP contribution in [-0.2, 0) is 14.3 Å². The number of hydrogen-bond acceptors (Lipinski definition) is 6. The maximum Gasteiger partial charge on any atom is 0.339 e. The van der Waals surface area contributed by atoms with E-state index >= 15 is 0 Å². The lowest BCUT2D eigenvalue weighted by molar-refractivity contribution is -0.139. The Morgan fingerprint density at radius 2 is 1.72 bits per heavy atom. The van der Waals surface area contributed by atoms with Crippen molar-refractivity contribution in [3.05, 3.63) is 65.9 Å². The van der Waals surface area contributed by atoms with Gasteiger partial charge < -0.3 is 19.4 Å². The van der Waals surface area contributed by atoms with Crippen LogP contribution in [-0.4, -0.2) is 78.4 Å².